The Morgan fingerprint density at radius 1 is 1.15 bits per heavy atom. The quantitative estimate of drug-likeness (QED) is 0.771. The Morgan fingerprint density at radius 2 is 1.93 bits per heavy atom. The minimum Gasteiger partial charge on any atom is -0.376 e. The maximum Gasteiger partial charge on any atom is 0.331 e. The maximum absolute atomic E-state index is 12.7. The zero-order valence-corrected chi connectivity index (χ0v) is 15.3. The molecule has 1 aliphatic heterocycles. The van der Waals surface area contributed by atoms with E-state index in [9.17, 15) is 9.59 Å². The molecule has 0 spiro atoms. The smallest absolute Gasteiger partial charge is 0.331 e. The molecule has 1 atom stereocenters. The molecule has 27 heavy (non-hydrogen) atoms. The molecule has 0 bridgehead atoms. The van der Waals surface area contributed by atoms with Crippen LogP contribution in [0.15, 0.2) is 39.9 Å². The van der Waals surface area contributed by atoms with Gasteiger partial charge in [-0.2, -0.15) is 0 Å². The van der Waals surface area contributed by atoms with Crippen molar-refractivity contribution in [2.75, 3.05) is 19.8 Å². The molecule has 2 aromatic rings. The lowest BCUT2D eigenvalue weighted by molar-refractivity contribution is -0.0943. The molecule has 1 saturated heterocycles. The molecule has 1 saturated carbocycles. The van der Waals surface area contributed by atoms with E-state index in [1.807, 2.05) is 24.3 Å². The van der Waals surface area contributed by atoms with Gasteiger partial charge in [0, 0.05) is 24.6 Å². The van der Waals surface area contributed by atoms with Gasteiger partial charge in [-0.1, -0.05) is 24.0 Å². The zero-order valence-electron chi connectivity index (χ0n) is 15.3. The highest BCUT2D eigenvalue weighted by Crippen LogP contribution is 2.27. The molecule has 0 radical (unpaired) electrons. The zero-order chi connectivity index (χ0) is 18.8. The Hall–Kier alpha value is -2.62. The van der Waals surface area contributed by atoms with E-state index >= 15 is 0 Å². The fourth-order valence-electron chi connectivity index (χ4n) is 3.10. The number of nitrogens with zero attached hydrogens (tertiary/aromatic N) is 2. The Bertz CT molecular complexity index is 998. The average Bonchev–Trinajstić information content (AvgIpc) is 3.52. The molecule has 0 amide bonds. The molecule has 0 N–H and O–H groups in total. The highest BCUT2D eigenvalue weighted by atomic mass is 16.6. The van der Waals surface area contributed by atoms with Crippen LogP contribution in [0, 0.1) is 17.8 Å². The summed E-state index contributed by atoms with van der Waals surface area (Å²) in [5.74, 6) is 6.95. The van der Waals surface area contributed by atoms with Crippen LogP contribution in [0.3, 0.4) is 0 Å². The fourth-order valence-corrected chi connectivity index (χ4v) is 3.10. The largest absolute Gasteiger partial charge is 0.376 e. The van der Waals surface area contributed by atoms with Crippen LogP contribution in [-0.2, 0) is 23.1 Å². The first-order valence-corrected chi connectivity index (χ1v) is 9.24. The van der Waals surface area contributed by atoms with E-state index in [1.54, 1.807) is 7.05 Å². The van der Waals surface area contributed by atoms with Crippen molar-refractivity contribution >= 4 is 0 Å². The fraction of sp³-hybridized carbons (Fsp3) is 0.429. The molecular weight excluding hydrogens is 344 g/mol. The molecule has 0 unspecified atom stereocenters. The first kappa shape index (κ1) is 17.8. The second-order valence-electron chi connectivity index (χ2n) is 7.01. The third-order valence-corrected chi connectivity index (χ3v) is 4.86. The van der Waals surface area contributed by atoms with E-state index in [2.05, 4.69) is 11.8 Å². The lowest BCUT2D eigenvalue weighted by Gasteiger charge is -2.23. The van der Waals surface area contributed by atoms with Crippen molar-refractivity contribution in [2.45, 2.75) is 25.5 Å². The van der Waals surface area contributed by atoms with Gasteiger partial charge in [0.05, 0.1) is 38.2 Å². The molecule has 6 heteroatoms. The molecule has 2 heterocycles. The molecule has 2 aliphatic rings. The normalized spacial score (nSPS) is 19.4. The van der Waals surface area contributed by atoms with E-state index < -0.39 is 0 Å². The third-order valence-electron chi connectivity index (χ3n) is 4.86. The van der Waals surface area contributed by atoms with E-state index in [1.165, 1.54) is 28.0 Å². The van der Waals surface area contributed by atoms with Crippen molar-refractivity contribution < 1.29 is 9.47 Å². The van der Waals surface area contributed by atoms with Gasteiger partial charge in [-0.15, -0.1) is 0 Å². The molecule has 1 aliphatic carbocycles. The van der Waals surface area contributed by atoms with Gasteiger partial charge >= 0.3 is 5.69 Å². The van der Waals surface area contributed by atoms with Crippen molar-refractivity contribution in [3.63, 3.8) is 0 Å². The Balaban J connectivity index is 1.61. The van der Waals surface area contributed by atoms with Crippen LogP contribution in [0.25, 0.3) is 11.3 Å². The van der Waals surface area contributed by atoms with Crippen LogP contribution in [0.1, 0.15) is 18.4 Å². The summed E-state index contributed by atoms with van der Waals surface area (Å²) in [6, 6.07) is 9.14. The number of hydrogen-bond acceptors (Lipinski definition) is 4. The number of ether oxygens (including phenoxy) is 2. The van der Waals surface area contributed by atoms with Crippen LogP contribution in [0.2, 0.25) is 0 Å². The third kappa shape index (κ3) is 4.05. The molecule has 1 aromatic heterocycles. The summed E-state index contributed by atoms with van der Waals surface area (Å²) in [5.41, 5.74) is 1.65. The minimum atomic E-state index is -0.357. The highest BCUT2D eigenvalue weighted by molar-refractivity contribution is 5.60. The summed E-state index contributed by atoms with van der Waals surface area (Å²) in [6.07, 6.45) is 2.11. The molecule has 6 nitrogen and oxygen atoms in total. The number of benzene rings is 1. The lowest BCUT2D eigenvalue weighted by Crippen LogP contribution is -2.44. The van der Waals surface area contributed by atoms with Gasteiger partial charge in [-0.3, -0.25) is 13.9 Å². The topological polar surface area (TPSA) is 62.5 Å². The Labute approximate surface area is 157 Å². The minimum absolute atomic E-state index is 0.196. The first-order chi connectivity index (χ1) is 13.1. The van der Waals surface area contributed by atoms with Crippen molar-refractivity contribution in [1.29, 1.82) is 0 Å². The standard InChI is InChI=1S/C21H22N2O4/c1-22-19(17-8-6-16(7-9-17)5-4-15-2-3-15)12-20(24)23(21(22)25)13-18-14-26-10-11-27-18/h6-9,12,15,18H,2-3,10-11,13-14H2,1H3/t18-/m0/s1. The van der Waals surface area contributed by atoms with Crippen LogP contribution in [-0.4, -0.2) is 35.1 Å². The van der Waals surface area contributed by atoms with E-state index in [4.69, 9.17) is 9.47 Å². The van der Waals surface area contributed by atoms with Crippen LogP contribution >= 0.6 is 0 Å². The van der Waals surface area contributed by atoms with Crippen molar-refractivity contribution in [3.05, 3.63) is 56.7 Å². The molecule has 140 valence electrons. The first-order valence-electron chi connectivity index (χ1n) is 9.24. The summed E-state index contributed by atoms with van der Waals surface area (Å²) in [7, 11) is 1.67. The summed E-state index contributed by atoms with van der Waals surface area (Å²) in [4.78, 5) is 25.3. The Morgan fingerprint density at radius 3 is 2.59 bits per heavy atom. The van der Waals surface area contributed by atoms with Crippen LogP contribution in [0.5, 0.6) is 0 Å². The monoisotopic (exact) mass is 366 g/mol. The predicted molar refractivity (Wildman–Crippen MR) is 102 cm³/mol. The highest BCUT2D eigenvalue weighted by Gasteiger charge is 2.19. The van der Waals surface area contributed by atoms with E-state index in [-0.39, 0.29) is 23.9 Å². The van der Waals surface area contributed by atoms with E-state index in [0.717, 1.165) is 11.1 Å². The van der Waals surface area contributed by atoms with Crippen molar-refractivity contribution in [2.24, 2.45) is 13.0 Å². The predicted octanol–water partition coefficient (Wildman–Crippen LogP) is 1.39. The van der Waals surface area contributed by atoms with Gasteiger partial charge in [-0.05, 0) is 30.5 Å². The second kappa shape index (κ2) is 7.55. The lowest BCUT2D eigenvalue weighted by atomic mass is 10.1. The van der Waals surface area contributed by atoms with Crippen molar-refractivity contribution in [3.8, 4) is 23.1 Å². The molecule has 2 fully saturated rings. The van der Waals surface area contributed by atoms with Crippen LogP contribution in [0.4, 0.5) is 0 Å². The summed E-state index contributed by atoms with van der Waals surface area (Å²) < 4.78 is 13.6. The molecular formula is C21H22N2O4. The van der Waals surface area contributed by atoms with Crippen molar-refractivity contribution in [1.82, 2.24) is 9.13 Å². The Kier molecular flexibility index (Phi) is 4.97. The van der Waals surface area contributed by atoms with Crippen LogP contribution < -0.4 is 11.2 Å². The van der Waals surface area contributed by atoms with Gasteiger partial charge in [0.1, 0.15) is 0 Å². The number of hydrogen-bond donors (Lipinski definition) is 0. The number of aromatic nitrogens is 2. The SMILES string of the molecule is Cn1c(-c2ccc(C#CC3CC3)cc2)cc(=O)n(C[C@H]2COCCO2)c1=O. The van der Waals surface area contributed by atoms with Gasteiger partial charge in [-0.25, -0.2) is 4.79 Å². The van der Waals surface area contributed by atoms with Gasteiger partial charge in [0.25, 0.3) is 5.56 Å². The number of rotatable bonds is 3. The van der Waals surface area contributed by atoms with E-state index in [0.29, 0.717) is 31.4 Å². The maximum atomic E-state index is 12.7. The second-order valence-corrected chi connectivity index (χ2v) is 7.01. The summed E-state index contributed by atoms with van der Waals surface area (Å²) >= 11 is 0. The summed E-state index contributed by atoms with van der Waals surface area (Å²) in [6.45, 7) is 1.61. The average molecular weight is 366 g/mol. The van der Waals surface area contributed by atoms with Gasteiger partial charge in [0.2, 0.25) is 0 Å². The molecule has 1 aromatic carbocycles. The van der Waals surface area contributed by atoms with Gasteiger partial charge in [0.15, 0.2) is 0 Å². The van der Waals surface area contributed by atoms with Gasteiger partial charge < -0.3 is 9.47 Å². The molecule has 4 rings (SSSR count). The summed E-state index contributed by atoms with van der Waals surface area (Å²) in [5, 5.41) is 0.